The standard InChI is InChI=1S/C19H19N3O2/c1-13-10-15(11-18(23)21-13)19(24)22-9-5-8-17(22)16(12-20)14-6-3-2-4-7-14/h2-4,6-7,10-11,16-17H,5,8-9H2,1H3,(H,21,23)/t16-,17+/m0/s1. The molecule has 0 bridgehead atoms. The van der Waals surface area contributed by atoms with Crippen LogP contribution < -0.4 is 5.56 Å². The van der Waals surface area contributed by atoms with Gasteiger partial charge in [0.1, 0.15) is 0 Å². The van der Waals surface area contributed by atoms with Crippen LogP contribution in [0.5, 0.6) is 0 Å². The van der Waals surface area contributed by atoms with E-state index < -0.39 is 0 Å². The maximum absolute atomic E-state index is 12.9. The molecule has 0 radical (unpaired) electrons. The highest BCUT2D eigenvalue weighted by molar-refractivity contribution is 5.94. The number of aromatic amines is 1. The molecule has 0 spiro atoms. The van der Waals surface area contributed by atoms with Gasteiger partial charge in [0.15, 0.2) is 0 Å². The van der Waals surface area contributed by atoms with E-state index in [1.54, 1.807) is 17.9 Å². The van der Waals surface area contributed by atoms with Gasteiger partial charge in [0, 0.05) is 23.9 Å². The molecule has 0 aliphatic carbocycles. The molecule has 24 heavy (non-hydrogen) atoms. The Kier molecular flexibility index (Phi) is 4.48. The van der Waals surface area contributed by atoms with Gasteiger partial charge in [-0.1, -0.05) is 30.3 Å². The average molecular weight is 321 g/mol. The summed E-state index contributed by atoms with van der Waals surface area (Å²) in [5.74, 6) is -0.538. The van der Waals surface area contributed by atoms with E-state index in [1.165, 1.54) is 6.07 Å². The van der Waals surface area contributed by atoms with Crippen LogP contribution in [0.4, 0.5) is 0 Å². The van der Waals surface area contributed by atoms with Crippen molar-refractivity contribution in [3.8, 4) is 6.07 Å². The number of hydrogen-bond acceptors (Lipinski definition) is 3. The van der Waals surface area contributed by atoms with Crippen LogP contribution in [0.3, 0.4) is 0 Å². The summed E-state index contributed by atoms with van der Waals surface area (Å²) in [5.41, 5.74) is 1.68. The molecule has 1 aliphatic heterocycles. The number of nitrogens with one attached hydrogen (secondary N) is 1. The lowest BCUT2D eigenvalue weighted by atomic mass is 9.91. The number of benzene rings is 1. The first kappa shape index (κ1) is 16.0. The van der Waals surface area contributed by atoms with E-state index in [-0.39, 0.29) is 23.4 Å². The first-order valence-corrected chi connectivity index (χ1v) is 8.06. The first-order chi connectivity index (χ1) is 11.6. The van der Waals surface area contributed by atoms with Crippen molar-refractivity contribution in [3.63, 3.8) is 0 Å². The molecule has 5 heteroatoms. The molecule has 1 aliphatic rings. The molecule has 1 fully saturated rings. The molecule has 1 aromatic carbocycles. The fraction of sp³-hybridized carbons (Fsp3) is 0.316. The van der Waals surface area contributed by atoms with Gasteiger partial charge < -0.3 is 9.88 Å². The topological polar surface area (TPSA) is 77.0 Å². The van der Waals surface area contributed by atoms with Crippen LogP contribution >= 0.6 is 0 Å². The van der Waals surface area contributed by atoms with E-state index >= 15 is 0 Å². The maximum Gasteiger partial charge on any atom is 0.254 e. The summed E-state index contributed by atoms with van der Waals surface area (Å²) >= 11 is 0. The summed E-state index contributed by atoms with van der Waals surface area (Å²) in [6, 6.07) is 14.8. The summed E-state index contributed by atoms with van der Waals surface area (Å²) in [7, 11) is 0. The molecule has 5 nitrogen and oxygen atoms in total. The van der Waals surface area contributed by atoms with E-state index in [2.05, 4.69) is 11.1 Å². The summed E-state index contributed by atoms with van der Waals surface area (Å²) < 4.78 is 0. The van der Waals surface area contributed by atoms with Crippen LogP contribution in [-0.2, 0) is 0 Å². The van der Waals surface area contributed by atoms with Crippen molar-refractivity contribution in [3.05, 3.63) is 69.6 Å². The Labute approximate surface area is 140 Å². The van der Waals surface area contributed by atoms with E-state index in [4.69, 9.17) is 0 Å². The van der Waals surface area contributed by atoms with Gasteiger partial charge in [-0.25, -0.2) is 0 Å². The fourth-order valence-corrected chi connectivity index (χ4v) is 3.41. The van der Waals surface area contributed by atoms with Crippen molar-refractivity contribution in [2.75, 3.05) is 6.54 Å². The predicted molar refractivity (Wildman–Crippen MR) is 90.7 cm³/mol. The molecule has 1 aromatic heterocycles. The first-order valence-electron chi connectivity index (χ1n) is 8.06. The molecule has 0 saturated carbocycles. The lowest BCUT2D eigenvalue weighted by molar-refractivity contribution is 0.0728. The number of pyridine rings is 1. The lowest BCUT2D eigenvalue weighted by Crippen LogP contribution is -2.39. The fourth-order valence-electron chi connectivity index (χ4n) is 3.41. The highest BCUT2D eigenvalue weighted by atomic mass is 16.2. The molecule has 1 N–H and O–H groups in total. The molecule has 2 heterocycles. The Bertz CT molecular complexity index is 836. The molecule has 122 valence electrons. The number of amides is 1. The molecule has 2 aromatic rings. The third-order valence-electron chi connectivity index (χ3n) is 4.47. The Hall–Kier alpha value is -2.87. The number of hydrogen-bond donors (Lipinski definition) is 1. The lowest BCUT2D eigenvalue weighted by Gasteiger charge is -2.28. The number of H-pyrrole nitrogens is 1. The quantitative estimate of drug-likeness (QED) is 0.944. The van der Waals surface area contributed by atoms with Crippen LogP contribution in [0.2, 0.25) is 0 Å². The van der Waals surface area contributed by atoms with Crippen molar-refractivity contribution < 1.29 is 4.79 Å². The van der Waals surface area contributed by atoms with E-state index in [9.17, 15) is 14.9 Å². The van der Waals surface area contributed by atoms with Crippen LogP contribution in [-0.4, -0.2) is 28.4 Å². The van der Waals surface area contributed by atoms with E-state index in [1.807, 2.05) is 30.3 Å². The SMILES string of the molecule is Cc1cc(C(=O)N2CCC[C@@H]2[C@@H](C#N)c2ccccc2)cc(=O)[nH]1. The molecule has 1 saturated heterocycles. The Morgan fingerprint density at radius 2 is 2.08 bits per heavy atom. The summed E-state index contributed by atoms with van der Waals surface area (Å²) in [6.45, 7) is 2.36. The van der Waals surface area contributed by atoms with Gasteiger partial charge in [-0.05, 0) is 31.4 Å². The van der Waals surface area contributed by atoms with Crippen LogP contribution in [0.1, 0.15) is 40.4 Å². The summed E-state index contributed by atoms with van der Waals surface area (Å²) in [6.07, 6.45) is 1.66. The number of carbonyl (C=O) groups excluding carboxylic acids is 1. The molecule has 3 rings (SSSR count). The van der Waals surface area contributed by atoms with Gasteiger partial charge in [-0.15, -0.1) is 0 Å². The number of nitrogens with zero attached hydrogens (tertiary/aromatic N) is 2. The van der Waals surface area contributed by atoms with Gasteiger partial charge in [0.05, 0.1) is 18.0 Å². The third-order valence-corrected chi connectivity index (χ3v) is 4.47. The number of aromatic nitrogens is 1. The van der Waals surface area contributed by atoms with Gasteiger partial charge in [-0.2, -0.15) is 5.26 Å². The van der Waals surface area contributed by atoms with Gasteiger partial charge in [0.25, 0.3) is 5.91 Å². The number of likely N-dealkylation sites (tertiary alicyclic amines) is 1. The normalized spacial score (nSPS) is 18.2. The third kappa shape index (κ3) is 3.09. The minimum absolute atomic E-state index is 0.163. The Morgan fingerprint density at radius 1 is 1.33 bits per heavy atom. The van der Waals surface area contributed by atoms with Crippen molar-refractivity contribution in [1.29, 1.82) is 5.26 Å². The Morgan fingerprint density at radius 3 is 2.75 bits per heavy atom. The van der Waals surface area contributed by atoms with Crippen molar-refractivity contribution >= 4 is 5.91 Å². The molecule has 2 atom stereocenters. The molecular weight excluding hydrogens is 302 g/mol. The molecule has 0 unspecified atom stereocenters. The van der Waals surface area contributed by atoms with Crippen LogP contribution in [0, 0.1) is 18.3 Å². The highest BCUT2D eigenvalue weighted by Gasteiger charge is 2.36. The van der Waals surface area contributed by atoms with Gasteiger partial charge >= 0.3 is 0 Å². The van der Waals surface area contributed by atoms with Crippen LogP contribution in [0.15, 0.2) is 47.3 Å². The predicted octanol–water partition coefficient (Wildman–Crippen LogP) is 2.60. The van der Waals surface area contributed by atoms with Crippen molar-refractivity contribution in [2.45, 2.75) is 31.7 Å². The van der Waals surface area contributed by atoms with Gasteiger partial charge in [-0.3, -0.25) is 9.59 Å². The zero-order valence-corrected chi connectivity index (χ0v) is 13.5. The second kappa shape index (κ2) is 6.71. The van der Waals surface area contributed by atoms with Crippen molar-refractivity contribution in [1.82, 2.24) is 9.88 Å². The van der Waals surface area contributed by atoms with Gasteiger partial charge in [0.2, 0.25) is 5.56 Å². The number of carbonyl (C=O) groups is 1. The van der Waals surface area contributed by atoms with Crippen LogP contribution in [0.25, 0.3) is 0 Å². The number of aryl methyl sites for hydroxylation is 1. The van der Waals surface area contributed by atoms with E-state index in [0.717, 1.165) is 18.4 Å². The maximum atomic E-state index is 12.9. The summed E-state index contributed by atoms with van der Waals surface area (Å²) in [4.78, 5) is 28.9. The second-order valence-corrected chi connectivity index (χ2v) is 6.14. The smallest absolute Gasteiger partial charge is 0.254 e. The number of nitriles is 1. The monoisotopic (exact) mass is 321 g/mol. The molecule has 1 amide bonds. The zero-order valence-electron chi connectivity index (χ0n) is 13.5. The second-order valence-electron chi connectivity index (χ2n) is 6.14. The summed E-state index contributed by atoms with van der Waals surface area (Å²) in [5, 5.41) is 9.66. The minimum Gasteiger partial charge on any atom is -0.334 e. The highest BCUT2D eigenvalue weighted by Crippen LogP contribution is 2.31. The average Bonchev–Trinajstić information content (AvgIpc) is 3.04. The number of rotatable bonds is 3. The molecular formula is C19H19N3O2. The minimum atomic E-state index is -0.360. The largest absolute Gasteiger partial charge is 0.334 e. The van der Waals surface area contributed by atoms with E-state index in [0.29, 0.717) is 17.8 Å². The zero-order chi connectivity index (χ0) is 17.1. The Balaban J connectivity index is 1.91. The van der Waals surface area contributed by atoms with Crippen molar-refractivity contribution in [2.24, 2.45) is 0 Å².